The summed E-state index contributed by atoms with van der Waals surface area (Å²) in [4.78, 5) is 38.7. The molecule has 2 aliphatic heterocycles. The van der Waals surface area contributed by atoms with Crippen LogP contribution in [0.25, 0.3) is 11.1 Å². The van der Waals surface area contributed by atoms with E-state index in [1.54, 1.807) is 19.9 Å². The summed E-state index contributed by atoms with van der Waals surface area (Å²) in [6.07, 6.45) is 2.26. The number of urea groups is 1. The first kappa shape index (κ1) is 28.0. The summed E-state index contributed by atoms with van der Waals surface area (Å²) in [5.41, 5.74) is 4.54. The molecule has 0 bridgehead atoms. The number of nitrogens with one attached hydrogen (secondary N) is 1. The molecule has 2 aliphatic rings. The first-order chi connectivity index (χ1) is 19.8. The van der Waals surface area contributed by atoms with Gasteiger partial charge in [0.15, 0.2) is 0 Å². The first-order valence-corrected chi connectivity index (χ1v) is 13.8. The number of nitrogens with zero attached hydrogens (tertiary/aromatic N) is 2. The molecule has 3 atom stereocenters. The summed E-state index contributed by atoms with van der Waals surface area (Å²) >= 11 is 0. The van der Waals surface area contributed by atoms with E-state index in [1.165, 1.54) is 39.8 Å². The molecule has 3 aromatic rings. The Morgan fingerprint density at radius 3 is 2.44 bits per heavy atom. The van der Waals surface area contributed by atoms with Gasteiger partial charge in [-0.1, -0.05) is 66.7 Å². The summed E-state index contributed by atoms with van der Waals surface area (Å²) in [5.74, 6) is -0.573. The monoisotopic (exact) mass is 555 g/mol. The lowest BCUT2D eigenvalue weighted by atomic mass is 9.94. The van der Waals surface area contributed by atoms with Crippen molar-refractivity contribution in [2.45, 2.75) is 51.4 Å². The van der Waals surface area contributed by atoms with Crippen LogP contribution < -0.4 is 5.32 Å². The van der Waals surface area contributed by atoms with Gasteiger partial charge in [0.05, 0.1) is 41.9 Å². The van der Waals surface area contributed by atoms with Gasteiger partial charge < -0.3 is 14.8 Å². The molecule has 2 heterocycles. The first-order valence-electron chi connectivity index (χ1n) is 13.8. The highest BCUT2D eigenvalue weighted by Crippen LogP contribution is 2.34. The topological polar surface area (TPSA) is 111 Å². The van der Waals surface area contributed by atoms with E-state index in [4.69, 9.17) is 9.47 Å². The highest BCUT2D eigenvalue weighted by Gasteiger charge is 2.39. The molecule has 1 N–H and O–H groups in total. The predicted molar refractivity (Wildman–Crippen MR) is 154 cm³/mol. The van der Waals surface area contributed by atoms with Gasteiger partial charge in [0.25, 0.3) is 5.69 Å². The minimum Gasteiger partial charge on any atom is -0.463 e. The number of rotatable bonds is 9. The van der Waals surface area contributed by atoms with E-state index in [1.807, 2.05) is 18.2 Å². The second-order valence-corrected chi connectivity index (χ2v) is 10.3. The molecule has 0 radical (unpaired) electrons. The standard InChI is InChI=1S/C32H33N3O6/c1-3-40-31(36)29-21(2)34(32(37)33-30(29)25-10-7-11-26(19-25)35(38)39)20-28-17-16-27(41-28)18-22-12-14-24(15-13-22)23-8-5-4-6-9-23/h4-15,19,27-28,30H,3,16-18,20H2,1-2H3,(H,33,37)/t27-,28-,30?/m0/s1. The Morgan fingerprint density at radius 1 is 1.02 bits per heavy atom. The Bertz CT molecular complexity index is 1450. The summed E-state index contributed by atoms with van der Waals surface area (Å²) in [6, 6.07) is 23.4. The number of carbonyl (C=O) groups excluding carboxylic acids is 2. The molecule has 0 aromatic heterocycles. The van der Waals surface area contributed by atoms with Crippen molar-refractivity contribution in [3.05, 3.63) is 111 Å². The minimum absolute atomic E-state index is 0.0295. The maximum atomic E-state index is 13.3. The SMILES string of the molecule is CCOC(=O)C1=C(C)N(C[C@@H]2CC[C@@H](Cc3ccc(-c4ccccc4)cc3)O2)C(=O)NC1c1cccc([N+](=O)[O-])c1. The molecule has 0 saturated carbocycles. The summed E-state index contributed by atoms with van der Waals surface area (Å²) in [5, 5.41) is 14.2. The van der Waals surface area contributed by atoms with Crippen LogP contribution in [0.1, 0.15) is 43.9 Å². The molecule has 0 aliphatic carbocycles. The highest BCUT2D eigenvalue weighted by atomic mass is 16.6. The Labute approximate surface area is 238 Å². The molecular weight excluding hydrogens is 522 g/mol. The molecule has 0 spiro atoms. The lowest BCUT2D eigenvalue weighted by molar-refractivity contribution is -0.384. The molecule has 41 heavy (non-hydrogen) atoms. The van der Waals surface area contributed by atoms with Gasteiger partial charge in [-0.25, -0.2) is 9.59 Å². The van der Waals surface area contributed by atoms with E-state index in [2.05, 4.69) is 41.7 Å². The number of amides is 2. The number of allylic oxidation sites excluding steroid dienone is 1. The lowest BCUT2D eigenvalue weighted by Crippen LogP contribution is -2.50. The van der Waals surface area contributed by atoms with Gasteiger partial charge in [-0.15, -0.1) is 0 Å². The largest absolute Gasteiger partial charge is 0.463 e. The van der Waals surface area contributed by atoms with Crippen LogP contribution in [0.4, 0.5) is 10.5 Å². The summed E-state index contributed by atoms with van der Waals surface area (Å²) in [6.45, 7) is 3.85. The van der Waals surface area contributed by atoms with Crippen LogP contribution in [0, 0.1) is 10.1 Å². The van der Waals surface area contributed by atoms with Gasteiger partial charge in [0, 0.05) is 17.8 Å². The molecule has 9 heteroatoms. The van der Waals surface area contributed by atoms with Crippen LogP contribution in [0.2, 0.25) is 0 Å². The van der Waals surface area contributed by atoms with Crippen molar-refractivity contribution >= 4 is 17.7 Å². The molecule has 1 unspecified atom stereocenters. The van der Waals surface area contributed by atoms with Crippen LogP contribution >= 0.6 is 0 Å². The fraction of sp³-hybridized carbons (Fsp3) is 0.312. The molecule has 3 aromatic carbocycles. The fourth-order valence-electron chi connectivity index (χ4n) is 5.54. The summed E-state index contributed by atoms with van der Waals surface area (Å²) in [7, 11) is 0. The molecule has 212 valence electrons. The molecular formula is C32H33N3O6. The van der Waals surface area contributed by atoms with Crippen molar-refractivity contribution in [2.75, 3.05) is 13.2 Å². The molecule has 2 amide bonds. The number of hydrogen-bond donors (Lipinski definition) is 1. The third-order valence-electron chi connectivity index (χ3n) is 7.61. The quantitative estimate of drug-likeness (QED) is 0.198. The van der Waals surface area contributed by atoms with Crippen molar-refractivity contribution in [2.24, 2.45) is 0 Å². The number of benzene rings is 3. The number of hydrogen-bond acceptors (Lipinski definition) is 6. The van der Waals surface area contributed by atoms with Crippen LogP contribution in [-0.4, -0.2) is 47.2 Å². The molecule has 9 nitrogen and oxygen atoms in total. The van der Waals surface area contributed by atoms with Crippen LogP contribution in [0.3, 0.4) is 0 Å². The van der Waals surface area contributed by atoms with Gasteiger partial charge in [0.2, 0.25) is 0 Å². The number of nitro benzene ring substituents is 1. The van der Waals surface area contributed by atoms with E-state index in [0.717, 1.165) is 19.3 Å². The number of non-ortho nitro benzene ring substituents is 1. The van der Waals surface area contributed by atoms with Gasteiger partial charge in [-0.2, -0.15) is 0 Å². The third kappa shape index (κ3) is 6.30. The Kier molecular flexibility index (Phi) is 8.45. The average molecular weight is 556 g/mol. The number of carbonyl (C=O) groups is 2. The van der Waals surface area contributed by atoms with Crippen molar-refractivity contribution < 1.29 is 24.0 Å². The maximum Gasteiger partial charge on any atom is 0.338 e. The zero-order chi connectivity index (χ0) is 28.9. The van der Waals surface area contributed by atoms with Crippen LogP contribution in [0.5, 0.6) is 0 Å². The number of esters is 1. The Balaban J connectivity index is 1.29. The lowest BCUT2D eigenvalue weighted by Gasteiger charge is -2.36. The van der Waals surface area contributed by atoms with E-state index in [9.17, 15) is 19.7 Å². The molecule has 1 saturated heterocycles. The van der Waals surface area contributed by atoms with Crippen molar-refractivity contribution in [1.29, 1.82) is 0 Å². The van der Waals surface area contributed by atoms with Crippen molar-refractivity contribution in [1.82, 2.24) is 10.2 Å². The van der Waals surface area contributed by atoms with Gasteiger partial charge >= 0.3 is 12.0 Å². The number of ether oxygens (including phenoxy) is 2. The predicted octanol–water partition coefficient (Wildman–Crippen LogP) is 5.96. The minimum atomic E-state index is -0.867. The molecule has 5 rings (SSSR count). The second-order valence-electron chi connectivity index (χ2n) is 10.3. The van der Waals surface area contributed by atoms with E-state index in [0.29, 0.717) is 11.3 Å². The van der Waals surface area contributed by atoms with E-state index >= 15 is 0 Å². The van der Waals surface area contributed by atoms with Crippen LogP contribution in [0.15, 0.2) is 90.1 Å². The number of nitro groups is 1. The van der Waals surface area contributed by atoms with Crippen molar-refractivity contribution in [3.63, 3.8) is 0 Å². The summed E-state index contributed by atoms with van der Waals surface area (Å²) < 4.78 is 11.7. The van der Waals surface area contributed by atoms with Crippen molar-refractivity contribution in [3.8, 4) is 11.1 Å². The zero-order valence-electron chi connectivity index (χ0n) is 23.1. The van der Waals surface area contributed by atoms with Gasteiger partial charge in [-0.3, -0.25) is 15.0 Å². The average Bonchev–Trinajstić information content (AvgIpc) is 3.42. The molecule has 1 fully saturated rings. The Hall–Kier alpha value is -4.50. The highest BCUT2D eigenvalue weighted by molar-refractivity contribution is 5.95. The third-order valence-corrected chi connectivity index (χ3v) is 7.61. The normalized spacial score (nSPS) is 20.6. The fourth-order valence-corrected chi connectivity index (χ4v) is 5.54. The van der Waals surface area contributed by atoms with Gasteiger partial charge in [0.1, 0.15) is 0 Å². The van der Waals surface area contributed by atoms with Crippen LogP contribution in [-0.2, 0) is 20.7 Å². The van der Waals surface area contributed by atoms with E-state index in [-0.39, 0.29) is 36.6 Å². The van der Waals surface area contributed by atoms with E-state index < -0.39 is 23.0 Å². The maximum absolute atomic E-state index is 13.3. The smallest absolute Gasteiger partial charge is 0.338 e. The van der Waals surface area contributed by atoms with Gasteiger partial charge in [-0.05, 0) is 55.4 Å². The second kappa shape index (κ2) is 12.3. The zero-order valence-corrected chi connectivity index (χ0v) is 23.1. The Morgan fingerprint density at radius 2 is 1.73 bits per heavy atom.